The van der Waals surface area contributed by atoms with Gasteiger partial charge in [0.05, 0.1) is 5.56 Å². The van der Waals surface area contributed by atoms with Crippen LogP contribution in [-0.2, 0) is 4.79 Å². The summed E-state index contributed by atoms with van der Waals surface area (Å²) in [6, 6.07) is 11.6. The summed E-state index contributed by atoms with van der Waals surface area (Å²) in [6.07, 6.45) is 2.02. The van der Waals surface area contributed by atoms with Gasteiger partial charge in [-0.1, -0.05) is 26.0 Å². The van der Waals surface area contributed by atoms with Crippen LogP contribution in [0.15, 0.2) is 48.5 Å². The van der Waals surface area contributed by atoms with Crippen LogP contribution in [0.3, 0.4) is 0 Å². The van der Waals surface area contributed by atoms with Crippen molar-refractivity contribution in [3.8, 4) is 0 Å². The molecule has 0 aromatic heterocycles. The number of rotatable bonds is 7. The van der Waals surface area contributed by atoms with Crippen LogP contribution in [0.4, 0.5) is 10.1 Å². The van der Waals surface area contributed by atoms with Crippen LogP contribution in [-0.4, -0.2) is 29.8 Å². The van der Waals surface area contributed by atoms with E-state index in [-0.39, 0.29) is 23.4 Å². The number of hydrogen-bond acceptors (Lipinski definition) is 3. The highest BCUT2D eigenvalue weighted by molar-refractivity contribution is 6.01. The Kier molecular flexibility index (Phi) is 6.26. The van der Waals surface area contributed by atoms with Crippen LogP contribution in [0.5, 0.6) is 0 Å². The fourth-order valence-electron chi connectivity index (χ4n) is 2.82. The maximum Gasteiger partial charge on any atom is 0.254 e. The lowest BCUT2D eigenvalue weighted by atomic mass is 10.0. The molecule has 0 spiro atoms. The zero-order valence-corrected chi connectivity index (χ0v) is 16.4. The molecule has 6 nitrogen and oxygen atoms in total. The molecule has 1 fully saturated rings. The lowest BCUT2D eigenvalue weighted by molar-refractivity contribution is -0.118. The van der Waals surface area contributed by atoms with E-state index in [1.165, 1.54) is 18.2 Å². The van der Waals surface area contributed by atoms with Crippen molar-refractivity contribution in [2.45, 2.75) is 38.8 Å². The third-order valence-corrected chi connectivity index (χ3v) is 4.68. The number of benzene rings is 2. The fourth-order valence-corrected chi connectivity index (χ4v) is 2.82. The Morgan fingerprint density at radius 2 is 1.62 bits per heavy atom. The fraction of sp³-hybridized carbons (Fsp3) is 0.318. The summed E-state index contributed by atoms with van der Waals surface area (Å²) in [7, 11) is 0. The Hall–Kier alpha value is -3.22. The van der Waals surface area contributed by atoms with Gasteiger partial charge >= 0.3 is 0 Å². The molecule has 1 atom stereocenters. The molecule has 1 aliphatic rings. The molecule has 0 heterocycles. The second-order valence-corrected chi connectivity index (χ2v) is 7.49. The summed E-state index contributed by atoms with van der Waals surface area (Å²) in [6.45, 7) is 3.58. The van der Waals surface area contributed by atoms with Gasteiger partial charge in [0.1, 0.15) is 11.9 Å². The molecule has 1 saturated carbocycles. The predicted molar refractivity (Wildman–Crippen MR) is 108 cm³/mol. The average Bonchev–Trinajstić information content (AvgIpc) is 3.50. The van der Waals surface area contributed by atoms with Crippen LogP contribution in [0.2, 0.25) is 0 Å². The number of anilines is 1. The Balaban J connectivity index is 1.64. The molecule has 1 unspecified atom stereocenters. The number of hydrogen-bond donors (Lipinski definition) is 3. The first kappa shape index (κ1) is 20.5. The molecule has 3 amide bonds. The molecule has 7 heteroatoms. The molecule has 2 aromatic carbocycles. The first-order valence-electron chi connectivity index (χ1n) is 9.62. The monoisotopic (exact) mass is 397 g/mol. The maximum atomic E-state index is 13.8. The van der Waals surface area contributed by atoms with Crippen LogP contribution < -0.4 is 16.0 Å². The lowest BCUT2D eigenvalue weighted by Crippen LogP contribution is -2.47. The molecule has 1 aliphatic carbocycles. The van der Waals surface area contributed by atoms with Crippen molar-refractivity contribution in [2.75, 3.05) is 5.32 Å². The molecule has 29 heavy (non-hydrogen) atoms. The van der Waals surface area contributed by atoms with Crippen molar-refractivity contribution in [3.63, 3.8) is 0 Å². The molecular weight excluding hydrogens is 373 g/mol. The summed E-state index contributed by atoms with van der Waals surface area (Å²) in [4.78, 5) is 37.1. The number of carbonyl (C=O) groups excluding carboxylic acids is 3. The maximum absolute atomic E-state index is 13.8. The van der Waals surface area contributed by atoms with Crippen molar-refractivity contribution < 1.29 is 18.8 Å². The van der Waals surface area contributed by atoms with Gasteiger partial charge in [0, 0.05) is 17.3 Å². The molecule has 0 radical (unpaired) electrons. The van der Waals surface area contributed by atoms with Gasteiger partial charge in [-0.15, -0.1) is 0 Å². The summed E-state index contributed by atoms with van der Waals surface area (Å²) in [5.41, 5.74) is 0.906. The van der Waals surface area contributed by atoms with Crippen LogP contribution >= 0.6 is 0 Å². The molecular formula is C22H24FN3O3. The van der Waals surface area contributed by atoms with Crippen LogP contribution in [0.1, 0.15) is 47.4 Å². The van der Waals surface area contributed by atoms with Gasteiger partial charge in [0.25, 0.3) is 11.8 Å². The number of nitrogens with one attached hydrogen (secondary N) is 3. The van der Waals surface area contributed by atoms with E-state index in [2.05, 4.69) is 16.0 Å². The molecule has 3 N–H and O–H groups in total. The van der Waals surface area contributed by atoms with Crippen LogP contribution in [0.25, 0.3) is 0 Å². The molecule has 152 valence electrons. The first-order valence-corrected chi connectivity index (χ1v) is 9.62. The topological polar surface area (TPSA) is 87.3 Å². The highest BCUT2D eigenvalue weighted by Crippen LogP contribution is 2.20. The molecule has 3 rings (SSSR count). The molecule has 0 saturated heterocycles. The Bertz CT molecular complexity index is 908. The van der Waals surface area contributed by atoms with E-state index in [0.29, 0.717) is 11.3 Å². The van der Waals surface area contributed by atoms with Gasteiger partial charge < -0.3 is 16.0 Å². The molecule has 2 aromatic rings. The van der Waals surface area contributed by atoms with Crippen molar-refractivity contribution in [2.24, 2.45) is 5.92 Å². The van der Waals surface area contributed by atoms with Gasteiger partial charge in [0.2, 0.25) is 5.91 Å². The average molecular weight is 397 g/mol. The van der Waals surface area contributed by atoms with E-state index in [1.54, 1.807) is 44.2 Å². The lowest BCUT2D eigenvalue weighted by Gasteiger charge is -2.22. The minimum Gasteiger partial charge on any atom is -0.349 e. The highest BCUT2D eigenvalue weighted by Gasteiger charge is 2.26. The summed E-state index contributed by atoms with van der Waals surface area (Å²) >= 11 is 0. The van der Waals surface area contributed by atoms with E-state index >= 15 is 0 Å². The van der Waals surface area contributed by atoms with Gasteiger partial charge in [-0.25, -0.2) is 4.39 Å². The third-order valence-electron chi connectivity index (χ3n) is 4.68. The van der Waals surface area contributed by atoms with Crippen molar-refractivity contribution in [3.05, 3.63) is 65.5 Å². The van der Waals surface area contributed by atoms with E-state index in [4.69, 9.17) is 0 Å². The Morgan fingerprint density at radius 3 is 2.21 bits per heavy atom. The van der Waals surface area contributed by atoms with Gasteiger partial charge in [-0.2, -0.15) is 0 Å². The van der Waals surface area contributed by atoms with Crippen molar-refractivity contribution >= 4 is 23.4 Å². The number of halogens is 1. The van der Waals surface area contributed by atoms with E-state index < -0.39 is 23.7 Å². The van der Waals surface area contributed by atoms with Gasteiger partial charge in [-0.3, -0.25) is 14.4 Å². The second-order valence-electron chi connectivity index (χ2n) is 7.49. The first-order chi connectivity index (χ1) is 13.8. The minimum atomic E-state index is -0.847. The number of amides is 3. The third kappa shape index (κ3) is 5.40. The summed E-state index contributed by atoms with van der Waals surface area (Å²) < 4.78 is 13.8. The Labute approximate surface area is 168 Å². The Morgan fingerprint density at radius 1 is 0.966 bits per heavy atom. The quantitative estimate of drug-likeness (QED) is 0.671. The second kappa shape index (κ2) is 8.86. The molecule has 0 aliphatic heterocycles. The summed E-state index contributed by atoms with van der Waals surface area (Å²) in [5.74, 6) is -2.06. The smallest absolute Gasteiger partial charge is 0.254 e. The standard InChI is InChI=1S/C22H24FN3O3/c1-13(2)19(26-21(28)17-5-3-4-6-18(17)23)22(29)25-15-9-7-14(8-10-15)20(27)24-16-11-12-16/h3-10,13,16,19H,11-12H2,1-2H3,(H,24,27)(H,25,29)(H,26,28). The SMILES string of the molecule is CC(C)C(NC(=O)c1ccccc1F)C(=O)Nc1ccc(C(=O)NC2CC2)cc1. The number of carbonyl (C=O) groups is 3. The molecule has 0 bridgehead atoms. The van der Waals surface area contributed by atoms with E-state index in [0.717, 1.165) is 12.8 Å². The van der Waals surface area contributed by atoms with E-state index in [9.17, 15) is 18.8 Å². The zero-order chi connectivity index (χ0) is 21.0. The van der Waals surface area contributed by atoms with E-state index in [1.807, 2.05) is 0 Å². The van der Waals surface area contributed by atoms with Crippen molar-refractivity contribution in [1.29, 1.82) is 0 Å². The minimum absolute atomic E-state index is 0.114. The van der Waals surface area contributed by atoms with Crippen molar-refractivity contribution in [1.82, 2.24) is 10.6 Å². The van der Waals surface area contributed by atoms with Crippen LogP contribution in [0, 0.1) is 11.7 Å². The summed E-state index contributed by atoms with van der Waals surface area (Å²) in [5, 5.41) is 8.23. The zero-order valence-electron chi connectivity index (χ0n) is 16.4. The highest BCUT2D eigenvalue weighted by atomic mass is 19.1. The predicted octanol–water partition coefficient (Wildman–Crippen LogP) is 3.11. The largest absolute Gasteiger partial charge is 0.349 e. The van der Waals surface area contributed by atoms with Gasteiger partial charge in [0.15, 0.2) is 0 Å². The normalized spacial score (nSPS) is 14.2. The van der Waals surface area contributed by atoms with Gasteiger partial charge in [-0.05, 0) is 55.2 Å².